The summed E-state index contributed by atoms with van der Waals surface area (Å²) < 4.78 is 75.1. The van der Waals surface area contributed by atoms with Crippen LogP contribution in [0.4, 0.5) is 26.3 Å². The predicted molar refractivity (Wildman–Crippen MR) is 47.1 cm³/mol. The van der Waals surface area contributed by atoms with Gasteiger partial charge in [-0.05, 0) is 18.6 Å². The van der Waals surface area contributed by atoms with Crippen molar-refractivity contribution < 1.29 is 31.4 Å². The van der Waals surface area contributed by atoms with Crippen LogP contribution in [0.25, 0.3) is 0 Å². The van der Waals surface area contributed by atoms with E-state index in [9.17, 15) is 26.3 Å². The summed E-state index contributed by atoms with van der Waals surface area (Å²) in [6, 6.07) is 2.00. The SMILES string of the molecule is CC(O)c1cccc(C(F)(F)F)c1C(F)(F)F. The zero-order chi connectivity index (χ0) is 13.4. The molecule has 1 aromatic carbocycles. The summed E-state index contributed by atoms with van der Waals surface area (Å²) in [5.41, 5.74) is -4.40. The van der Waals surface area contributed by atoms with Crippen molar-refractivity contribution >= 4 is 0 Å². The molecule has 0 spiro atoms. The summed E-state index contributed by atoms with van der Waals surface area (Å²) in [7, 11) is 0. The molecule has 0 aliphatic rings. The van der Waals surface area contributed by atoms with Crippen LogP contribution in [0.1, 0.15) is 29.7 Å². The van der Waals surface area contributed by atoms with E-state index in [-0.39, 0.29) is 0 Å². The predicted octanol–water partition coefficient (Wildman–Crippen LogP) is 3.78. The molecule has 0 heterocycles. The maximum absolute atomic E-state index is 12.6. The van der Waals surface area contributed by atoms with Crippen molar-refractivity contribution in [1.82, 2.24) is 0 Å². The molecule has 0 aliphatic heterocycles. The van der Waals surface area contributed by atoms with Gasteiger partial charge < -0.3 is 5.11 Å². The van der Waals surface area contributed by atoms with Crippen LogP contribution in [0.2, 0.25) is 0 Å². The average Bonchev–Trinajstić information content (AvgIpc) is 2.13. The minimum Gasteiger partial charge on any atom is -0.389 e. The van der Waals surface area contributed by atoms with Crippen LogP contribution in [0.15, 0.2) is 18.2 Å². The maximum Gasteiger partial charge on any atom is 0.417 e. The lowest BCUT2D eigenvalue weighted by atomic mass is 9.97. The lowest BCUT2D eigenvalue weighted by Crippen LogP contribution is -2.19. The van der Waals surface area contributed by atoms with Crippen LogP contribution in [-0.4, -0.2) is 5.11 Å². The van der Waals surface area contributed by atoms with E-state index in [0.717, 1.165) is 19.1 Å². The highest BCUT2D eigenvalue weighted by atomic mass is 19.4. The van der Waals surface area contributed by atoms with Crippen molar-refractivity contribution in [3.63, 3.8) is 0 Å². The minimum absolute atomic E-state index is 0.342. The van der Waals surface area contributed by atoms with Gasteiger partial charge in [0.05, 0.1) is 17.2 Å². The summed E-state index contributed by atoms with van der Waals surface area (Å²) in [6.07, 6.45) is -11.9. The number of aliphatic hydroxyl groups excluding tert-OH is 1. The van der Waals surface area contributed by atoms with Crippen molar-refractivity contribution in [2.45, 2.75) is 25.4 Å². The fraction of sp³-hybridized carbons (Fsp3) is 0.400. The van der Waals surface area contributed by atoms with Crippen molar-refractivity contribution in [3.05, 3.63) is 34.9 Å². The molecule has 17 heavy (non-hydrogen) atoms. The number of rotatable bonds is 1. The second kappa shape index (κ2) is 4.21. The van der Waals surface area contributed by atoms with Crippen LogP contribution in [0, 0.1) is 0 Å². The van der Waals surface area contributed by atoms with E-state index in [0.29, 0.717) is 6.07 Å². The van der Waals surface area contributed by atoms with Crippen LogP contribution in [-0.2, 0) is 12.4 Å². The average molecular weight is 258 g/mol. The Morgan fingerprint density at radius 1 is 1.00 bits per heavy atom. The standard InChI is InChI=1S/C10H8F6O/c1-5(17)6-3-2-4-7(9(11,12)13)8(6)10(14,15)16/h2-5,17H,1H3. The molecule has 0 saturated heterocycles. The number of hydrogen-bond acceptors (Lipinski definition) is 1. The van der Waals surface area contributed by atoms with E-state index in [1.54, 1.807) is 0 Å². The van der Waals surface area contributed by atoms with Gasteiger partial charge in [-0.3, -0.25) is 0 Å². The molecule has 1 aromatic rings. The Labute approximate surface area is 92.7 Å². The quantitative estimate of drug-likeness (QED) is 0.760. The van der Waals surface area contributed by atoms with E-state index in [1.807, 2.05) is 0 Å². The molecule has 0 aromatic heterocycles. The fourth-order valence-corrected chi connectivity index (χ4v) is 1.47. The van der Waals surface area contributed by atoms with Gasteiger partial charge in [0.2, 0.25) is 0 Å². The monoisotopic (exact) mass is 258 g/mol. The Bertz CT molecular complexity index is 404. The van der Waals surface area contributed by atoms with Gasteiger partial charge in [-0.25, -0.2) is 0 Å². The molecule has 1 N–H and O–H groups in total. The highest BCUT2D eigenvalue weighted by molar-refractivity contribution is 5.40. The van der Waals surface area contributed by atoms with E-state index in [1.165, 1.54) is 0 Å². The molecule has 7 heteroatoms. The normalized spacial score (nSPS) is 14.8. The first-order chi connectivity index (χ1) is 7.55. The molecule has 0 saturated carbocycles. The van der Waals surface area contributed by atoms with Gasteiger partial charge in [-0.1, -0.05) is 12.1 Å². The first kappa shape index (κ1) is 13.8. The molecule has 1 unspecified atom stereocenters. The third-order valence-corrected chi connectivity index (χ3v) is 2.14. The molecule has 0 aliphatic carbocycles. The number of aliphatic hydroxyl groups is 1. The Morgan fingerprint density at radius 3 is 1.88 bits per heavy atom. The number of alkyl halides is 6. The number of hydrogen-bond donors (Lipinski definition) is 1. The van der Waals surface area contributed by atoms with Gasteiger partial charge >= 0.3 is 12.4 Å². The lowest BCUT2D eigenvalue weighted by molar-refractivity contribution is -0.163. The van der Waals surface area contributed by atoms with E-state index in [2.05, 4.69) is 0 Å². The van der Waals surface area contributed by atoms with Crippen molar-refractivity contribution in [2.24, 2.45) is 0 Å². The summed E-state index contributed by atoms with van der Waals surface area (Å²) in [5.74, 6) is 0. The summed E-state index contributed by atoms with van der Waals surface area (Å²) in [4.78, 5) is 0. The first-order valence-corrected chi connectivity index (χ1v) is 4.50. The smallest absolute Gasteiger partial charge is 0.389 e. The summed E-state index contributed by atoms with van der Waals surface area (Å²) in [5, 5.41) is 9.09. The van der Waals surface area contributed by atoms with Crippen LogP contribution in [0.3, 0.4) is 0 Å². The molecule has 0 radical (unpaired) electrons. The second-order valence-corrected chi connectivity index (χ2v) is 3.44. The molecule has 0 fully saturated rings. The third kappa shape index (κ3) is 2.91. The molecule has 1 atom stereocenters. The van der Waals surface area contributed by atoms with Crippen molar-refractivity contribution in [2.75, 3.05) is 0 Å². The molecule has 0 amide bonds. The van der Waals surface area contributed by atoms with Gasteiger partial charge in [-0.2, -0.15) is 26.3 Å². The highest BCUT2D eigenvalue weighted by Gasteiger charge is 2.45. The van der Waals surface area contributed by atoms with E-state index in [4.69, 9.17) is 5.11 Å². The van der Waals surface area contributed by atoms with Crippen molar-refractivity contribution in [3.8, 4) is 0 Å². The van der Waals surface area contributed by atoms with Gasteiger partial charge in [0, 0.05) is 0 Å². The van der Waals surface area contributed by atoms with E-state index < -0.39 is 35.1 Å². The summed E-state index contributed by atoms with van der Waals surface area (Å²) >= 11 is 0. The molecule has 0 bridgehead atoms. The zero-order valence-corrected chi connectivity index (χ0v) is 8.52. The lowest BCUT2D eigenvalue weighted by Gasteiger charge is -2.20. The van der Waals surface area contributed by atoms with Gasteiger partial charge in [0.15, 0.2) is 0 Å². The largest absolute Gasteiger partial charge is 0.417 e. The molecular formula is C10H8F6O. The van der Waals surface area contributed by atoms with Gasteiger partial charge in [0.25, 0.3) is 0 Å². The minimum atomic E-state index is -5.17. The number of halogens is 6. The maximum atomic E-state index is 12.6. The Kier molecular flexibility index (Phi) is 3.42. The second-order valence-electron chi connectivity index (χ2n) is 3.44. The molecular weight excluding hydrogens is 250 g/mol. The summed E-state index contributed by atoms with van der Waals surface area (Å²) in [6.45, 7) is 0.977. The fourth-order valence-electron chi connectivity index (χ4n) is 1.47. The topological polar surface area (TPSA) is 20.2 Å². The third-order valence-electron chi connectivity index (χ3n) is 2.14. The molecule has 1 rings (SSSR count). The van der Waals surface area contributed by atoms with Gasteiger partial charge in [-0.15, -0.1) is 0 Å². The van der Waals surface area contributed by atoms with Crippen LogP contribution < -0.4 is 0 Å². The Hall–Kier alpha value is -1.24. The van der Waals surface area contributed by atoms with Crippen LogP contribution >= 0.6 is 0 Å². The number of benzene rings is 1. The molecule has 96 valence electrons. The Morgan fingerprint density at radius 2 is 1.53 bits per heavy atom. The highest BCUT2D eigenvalue weighted by Crippen LogP contribution is 2.43. The zero-order valence-electron chi connectivity index (χ0n) is 8.52. The Balaban J connectivity index is 3.58. The van der Waals surface area contributed by atoms with Gasteiger partial charge in [0.1, 0.15) is 0 Å². The first-order valence-electron chi connectivity index (χ1n) is 4.50. The molecule has 1 nitrogen and oxygen atoms in total. The van der Waals surface area contributed by atoms with Crippen molar-refractivity contribution in [1.29, 1.82) is 0 Å². The van der Waals surface area contributed by atoms with E-state index >= 15 is 0 Å². The van der Waals surface area contributed by atoms with Crippen LogP contribution in [0.5, 0.6) is 0 Å².